The molecule has 2 fully saturated rings. The van der Waals surface area contributed by atoms with Crippen molar-refractivity contribution in [2.45, 2.75) is 39.0 Å². The van der Waals surface area contributed by atoms with Gasteiger partial charge >= 0.3 is 0 Å². The summed E-state index contributed by atoms with van der Waals surface area (Å²) < 4.78 is 0. The number of nitrogens with two attached hydrogens (primary N) is 1. The van der Waals surface area contributed by atoms with Gasteiger partial charge in [0.05, 0.1) is 0 Å². The topological polar surface area (TPSA) is 63.8 Å². The van der Waals surface area contributed by atoms with Crippen molar-refractivity contribution < 1.29 is 0 Å². The van der Waals surface area contributed by atoms with Gasteiger partial charge in [-0.2, -0.15) is 0 Å². The van der Waals surface area contributed by atoms with Gasteiger partial charge in [-0.15, -0.1) is 0 Å². The number of aryl methyl sites for hydroxylation is 1. The van der Waals surface area contributed by atoms with E-state index in [1.165, 1.54) is 25.7 Å². The van der Waals surface area contributed by atoms with Crippen LogP contribution in [0, 0.1) is 17.8 Å². The van der Waals surface area contributed by atoms with E-state index in [4.69, 9.17) is 5.73 Å². The summed E-state index contributed by atoms with van der Waals surface area (Å²) in [5, 5.41) is 3.47. The number of hydrogen-bond acceptors (Lipinski definition) is 4. The molecule has 1 aromatic rings. The lowest BCUT2D eigenvalue weighted by molar-refractivity contribution is 0.427. The summed E-state index contributed by atoms with van der Waals surface area (Å²) in [6.07, 6.45) is 6.53. The van der Waals surface area contributed by atoms with Crippen molar-refractivity contribution >= 4 is 11.6 Å². The SMILES string of the molecule is CCc1nc(N)cc(NCC(C2CC2)C2CC2)n1. The van der Waals surface area contributed by atoms with Gasteiger partial charge in [0.1, 0.15) is 17.5 Å². The minimum Gasteiger partial charge on any atom is -0.384 e. The number of aromatic nitrogens is 2. The molecule has 0 aliphatic heterocycles. The van der Waals surface area contributed by atoms with Crippen LogP contribution in [0.15, 0.2) is 6.07 Å². The van der Waals surface area contributed by atoms with Crippen LogP contribution in [-0.2, 0) is 6.42 Å². The fourth-order valence-corrected chi connectivity index (χ4v) is 2.76. The summed E-state index contributed by atoms with van der Waals surface area (Å²) in [5.74, 6) is 5.08. The monoisotopic (exact) mass is 246 g/mol. The quantitative estimate of drug-likeness (QED) is 0.809. The Hall–Kier alpha value is -1.32. The molecule has 0 aromatic carbocycles. The molecule has 1 aromatic heterocycles. The molecule has 4 nitrogen and oxygen atoms in total. The van der Waals surface area contributed by atoms with Crippen molar-refractivity contribution in [3.63, 3.8) is 0 Å². The second-order valence-corrected chi connectivity index (χ2v) is 5.67. The van der Waals surface area contributed by atoms with Crippen LogP contribution in [0.2, 0.25) is 0 Å². The summed E-state index contributed by atoms with van der Waals surface area (Å²) in [5.41, 5.74) is 5.79. The summed E-state index contributed by atoms with van der Waals surface area (Å²) in [7, 11) is 0. The maximum absolute atomic E-state index is 5.79. The number of rotatable bonds is 6. The molecular weight excluding hydrogens is 224 g/mol. The first-order valence-corrected chi connectivity index (χ1v) is 7.13. The van der Waals surface area contributed by atoms with Crippen LogP contribution >= 0.6 is 0 Å². The molecule has 2 aliphatic carbocycles. The molecular formula is C14H22N4. The molecule has 2 saturated carbocycles. The van der Waals surface area contributed by atoms with Gasteiger partial charge < -0.3 is 11.1 Å². The predicted octanol–water partition coefficient (Wildman–Crippen LogP) is 2.47. The minimum atomic E-state index is 0.568. The Labute approximate surface area is 108 Å². The van der Waals surface area contributed by atoms with Crippen molar-refractivity contribution in [3.8, 4) is 0 Å². The van der Waals surface area contributed by atoms with Gasteiger partial charge in [0.2, 0.25) is 0 Å². The Morgan fingerprint density at radius 3 is 2.50 bits per heavy atom. The largest absolute Gasteiger partial charge is 0.384 e. The van der Waals surface area contributed by atoms with E-state index in [1.807, 2.05) is 6.07 Å². The molecule has 18 heavy (non-hydrogen) atoms. The van der Waals surface area contributed by atoms with E-state index < -0.39 is 0 Å². The zero-order valence-corrected chi connectivity index (χ0v) is 11.0. The van der Waals surface area contributed by atoms with Crippen LogP contribution in [0.5, 0.6) is 0 Å². The zero-order valence-electron chi connectivity index (χ0n) is 11.0. The molecule has 3 N–H and O–H groups in total. The number of nitrogens with zero attached hydrogens (tertiary/aromatic N) is 2. The van der Waals surface area contributed by atoms with E-state index in [2.05, 4.69) is 22.2 Å². The van der Waals surface area contributed by atoms with Crippen LogP contribution in [0.4, 0.5) is 11.6 Å². The lowest BCUT2D eigenvalue weighted by atomic mass is 9.98. The molecule has 0 bridgehead atoms. The normalized spacial score (nSPS) is 19.2. The number of hydrogen-bond donors (Lipinski definition) is 2. The zero-order chi connectivity index (χ0) is 12.5. The van der Waals surface area contributed by atoms with Crippen molar-refractivity contribution in [1.82, 2.24) is 9.97 Å². The fraction of sp³-hybridized carbons (Fsp3) is 0.714. The van der Waals surface area contributed by atoms with E-state index in [0.717, 1.165) is 42.4 Å². The molecule has 0 atom stereocenters. The Bertz CT molecular complexity index is 412. The van der Waals surface area contributed by atoms with E-state index in [9.17, 15) is 0 Å². The van der Waals surface area contributed by atoms with Crippen LogP contribution in [0.3, 0.4) is 0 Å². The lowest BCUT2D eigenvalue weighted by Crippen LogP contribution is -2.19. The van der Waals surface area contributed by atoms with Gasteiger partial charge in [0.15, 0.2) is 0 Å². The van der Waals surface area contributed by atoms with Crippen molar-refractivity contribution in [2.75, 3.05) is 17.6 Å². The van der Waals surface area contributed by atoms with E-state index in [0.29, 0.717) is 5.82 Å². The highest BCUT2D eigenvalue weighted by atomic mass is 15.0. The van der Waals surface area contributed by atoms with Crippen LogP contribution in [0.25, 0.3) is 0 Å². The van der Waals surface area contributed by atoms with Gasteiger partial charge in [0.25, 0.3) is 0 Å². The Morgan fingerprint density at radius 2 is 1.94 bits per heavy atom. The fourth-order valence-electron chi connectivity index (χ4n) is 2.76. The van der Waals surface area contributed by atoms with E-state index >= 15 is 0 Å². The van der Waals surface area contributed by atoms with Crippen molar-refractivity contribution in [2.24, 2.45) is 17.8 Å². The summed E-state index contributed by atoms with van der Waals surface area (Å²) >= 11 is 0. The third-order valence-electron chi connectivity index (χ3n) is 4.08. The maximum Gasteiger partial charge on any atom is 0.132 e. The molecule has 0 spiro atoms. The van der Waals surface area contributed by atoms with E-state index in [1.54, 1.807) is 0 Å². The molecule has 98 valence electrons. The highest BCUT2D eigenvalue weighted by molar-refractivity contribution is 5.44. The molecule has 4 heteroatoms. The van der Waals surface area contributed by atoms with Gasteiger partial charge in [-0.05, 0) is 43.4 Å². The first-order chi connectivity index (χ1) is 8.76. The second-order valence-electron chi connectivity index (χ2n) is 5.67. The summed E-state index contributed by atoms with van der Waals surface area (Å²) in [6.45, 7) is 3.10. The van der Waals surface area contributed by atoms with Gasteiger partial charge in [-0.25, -0.2) is 9.97 Å². The van der Waals surface area contributed by atoms with Crippen LogP contribution in [0.1, 0.15) is 38.4 Å². The van der Waals surface area contributed by atoms with Gasteiger partial charge in [-0.3, -0.25) is 0 Å². The highest BCUT2D eigenvalue weighted by Gasteiger charge is 2.41. The molecule has 0 amide bonds. The van der Waals surface area contributed by atoms with Crippen LogP contribution < -0.4 is 11.1 Å². The molecule has 0 unspecified atom stereocenters. The third kappa shape index (κ3) is 2.74. The summed E-state index contributed by atoms with van der Waals surface area (Å²) in [6, 6.07) is 1.84. The smallest absolute Gasteiger partial charge is 0.132 e. The number of anilines is 2. The number of nitrogen functional groups attached to an aromatic ring is 1. The molecule has 3 rings (SSSR count). The maximum atomic E-state index is 5.79. The Morgan fingerprint density at radius 1 is 1.28 bits per heavy atom. The molecule has 2 aliphatic rings. The molecule has 0 saturated heterocycles. The Kier molecular flexibility index (Phi) is 3.10. The predicted molar refractivity (Wildman–Crippen MR) is 73.3 cm³/mol. The van der Waals surface area contributed by atoms with Crippen molar-refractivity contribution in [3.05, 3.63) is 11.9 Å². The van der Waals surface area contributed by atoms with Crippen LogP contribution in [-0.4, -0.2) is 16.5 Å². The average Bonchev–Trinajstić information content (AvgIpc) is 3.22. The Balaban J connectivity index is 1.62. The third-order valence-corrected chi connectivity index (χ3v) is 4.08. The molecule has 0 radical (unpaired) electrons. The van der Waals surface area contributed by atoms with E-state index in [-0.39, 0.29) is 0 Å². The highest BCUT2D eigenvalue weighted by Crippen LogP contribution is 2.49. The standard InChI is InChI=1S/C14H22N4/c1-2-13-17-12(15)7-14(18-13)16-8-11(9-3-4-9)10-5-6-10/h7,9-11H,2-6,8H2,1H3,(H3,15,16,17,18). The molecule has 1 heterocycles. The first-order valence-electron chi connectivity index (χ1n) is 7.13. The number of nitrogens with one attached hydrogen (secondary N) is 1. The summed E-state index contributed by atoms with van der Waals surface area (Å²) in [4.78, 5) is 8.68. The lowest BCUT2D eigenvalue weighted by Gasteiger charge is -2.17. The minimum absolute atomic E-state index is 0.568. The van der Waals surface area contributed by atoms with Gasteiger partial charge in [0, 0.05) is 19.0 Å². The second kappa shape index (κ2) is 4.75. The van der Waals surface area contributed by atoms with Crippen molar-refractivity contribution in [1.29, 1.82) is 0 Å². The van der Waals surface area contributed by atoms with Gasteiger partial charge in [-0.1, -0.05) is 6.92 Å². The average molecular weight is 246 g/mol. The first kappa shape index (κ1) is 11.8.